The Morgan fingerprint density at radius 3 is 2.94 bits per heavy atom. The summed E-state index contributed by atoms with van der Waals surface area (Å²) in [6.45, 7) is 4.03. The highest BCUT2D eigenvalue weighted by Gasteiger charge is 2.09. The van der Waals surface area contributed by atoms with E-state index in [0.29, 0.717) is 5.56 Å². The first-order valence-electron chi connectivity index (χ1n) is 5.59. The van der Waals surface area contributed by atoms with Crippen molar-refractivity contribution in [2.24, 2.45) is 0 Å². The molecule has 2 aromatic rings. The monoisotopic (exact) mass is 275 g/mol. The van der Waals surface area contributed by atoms with Gasteiger partial charge in [0.1, 0.15) is 6.07 Å². The van der Waals surface area contributed by atoms with E-state index in [1.165, 1.54) is 0 Å². The van der Waals surface area contributed by atoms with Crippen molar-refractivity contribution < 1.29 is 0 Å². The van der Waals surface area contributed by atoms with Crippen molar-refractivity contribution in [3.05, 3.63) is 34.8 Å². The first-order valence-corrected chi connectivity index (χ1v) is 7.46. The van der Waals surface area contributed by atoms with Crippen LogP contribution in [-0.4, -0.2) is 10.7 Å². The molecule has 0 spiro atoms. The van der Waals surface area contributed by atoms with E-state index >= 15 is 0 Å². The van der Waals surface area contributed by atoms with Crippen molar-refractivity contribution in [1.29, 1.82) is 5.26 Å². The molecular formula is C13H13N3S2. The molecule has 0 fully saturated rings. The van der Waals surface area contributed by atoms with Crippen LogP contribution >= 0.6 is 23.1 Å². The number of nitrogens with one attached hydrogen (secondary N) is 1. The quantitative estimate of drug-likeness (QED) is 0.850. The lowest BCUT2D eigenvalue weighted by Crippen LogP contribution is -1.95. The minimum Gasteiger partial charge on any atom is -0.330 e. The number of aromatic nitrogens is 1. The van der Waals surface area contributed by atoms with E-state index in [-0.39, 0.29) is 0 Å². The van der Waals surface area contributed by atoms with Crippen molar-refractivity contribution in [3.8, 4) is 6.07 Å². The Hall–Kier alpha value is -1.51. The highest BCUT2D eigenvalue weighted by molar-refractivity contribution is 7.99. The van der Waals surface area contributed by atoms with Gasteiger partial charge in [-0.1, -0.05) is 13.0 Å². The highest BCUT2D eigenvalue weighted by Crippen LogP contribution is 2.30. The van der Waals surface area contributed by atoms with Crippen LogP contribution in [0.5, 0.6) is 0 Å². The molecule has 0 unspecified atom stereocenters. The Morgan fingerprint density at radius 1 is 1.50 bits per heavy atom. The number of hydrogen-bond donors (Lipinski definition) is 1. The number of hydrogen-bond acceptors (Lipinski definition) is 5. The van der Waals surface area contributed by atoms with Gasteiger partial charge in [-0.2, -0.15) is 5.26 Å². The zero-order chi connectivity index (χ0) is 13.0. The average molecular weight is 275 g/mol. The second kappa shape index (κ2) is 5.89. The molecule has 0 aliphatic heterocycles. The fraction of sp³-hybridized carbons (Fsp3) is 0.231. The summed E-state index contributed by atoms with van der Waals surface area (Å²) in [5.41, 5.74) is 2.50. The molecule has 1 aromatic heterocycles. The molecule has 0 bridgehead atoms. The largest absolute Gasteiger partial charge is 0.330 e. The Labute approximate surface area is 115 Å². The fourth-order valence-electron chi connectivity index (χ4n) is 1.55. The maximum absolute atomic E-state index is 9.29. The summed E-state index contributed by atoms with van der Waals surface area (Å²) in [6.07, 6.45) is 0. The molecule has 1 N–H and O–H groups in total. The van der Waals surface area contributed by atoms with Crippen LogP contribution in [0.4, 0.5) is 10.8 Å². The van der Waals surface area contributed by atoms with Crippen LogP contribution in [0.3, 0.4) is 0 Å². The minimum atomic E-state index is 0.692. The van der Waals surface area contributed by atoms with Gasteiger partial charge in [-0.15, -0.1) is 23.1 Å². The van der Waals surface area contributed by atoms with Crippen LogP contribution in [0.1, 0.15) is 18.2 Å². The Morgan fingerprint density at radius 2 is 2.33 bits per heavy atom. The summed E-state index contributed by atoms with van der Waals surface area (Å²) in [7, 11) is 0. The van der Waals surface area contributed by atoms with Gasteiger partial charge < -0.3 is 5.32 Å². The number of nitriles is 1. The third kappa shape index (κ3) is 2.84. The van der Waals surface area contributed by atoms with Crippen LogP contribution in [0.25, 0.3) is 0 Å². The second-order valence-electron chi connectivity index (χ2n) is 3.64. The van der Waals surface area contributed by atoms with E-state index in [1.807, 2.05) is 30.5 Å². The van der Waals surface area contributed by atoms with Crippen molar-refractivity contribution in [2.75, 3.05) is 11.1 Å². The maximum Gasteiger partial charge on any atom is 0.187 e. The van der Waals surface area contributed by atoms with Gasteiger partial charge in [0.25, 0.3) is 0 Å². The smallest absolute Gasteiger partial charge is 0.187 e. The van der Waals surface area contributed by atoms with Crippen molar-refractivity contribution >= 4 is 33.9 Å². The first-order chi connectivity index (χ1) is 8.74. The molecule has 1 heterocycles. The molecular weight excluding hydrogens is 262 g/mol. The topological polar surface area (TPSA) is 48.7 Å². The Bertz CT molecular complexity index is 584. The summed E-state index contributed by atoms with van der Waals surface area (Å²) in [5, 5.41) is 15.3. The molecule has 0 amide bonds. The Kier molecular flexibility index (Phi) is 4.24. The SMILES string of the molecule is CCSc1cccc(Nc2nc(C)cs2)c1C#N. The van der Waals surface area contributed by atoms with E-state index in [1.54, 1.807) is 23.1 Å². The van der Waals surface area contributed by atoms with Crippen molar-refractivity contribution in [1.82, 2.24) is 4.98 Å². The van der Waals surface area contributed by atoms with Crippen LogP contribution < -0.4 is 5.32 Å². The van der Waals surface area contributed by atoms with Gasteiger partial charge >= 0.3 is 0 Å². The second-order valence-corrected chi connectivity index (χ2v) is 5.81. The predicted octanol–water partition coefficient (Wildman–Crippen LogP) is 4.18. The number of anilines is 2. The zero-order valence-corrected chi connectivity index (χ0v) is 11.9. The van der Waals surface area contributed by atoms with Crippen molar-refractivity contribution in [3.63, 3.8) is 0 Å². The van der Waals surface area contributed by atoms with Crippen molar-refractivity contribution in [2.45, 2.75) is 18.7 Å². The molecule has 0 saturated heterocycles. The molecule has 0 radical (unpaired) electrons. The maximum atomic E-state index is 9.29. The minimum absolute atomic E-state index is 0.692. The summed E-state index contributed by atoms with van der Waals surface area (Å²) < 4.78 is 0. The molecule has 2 rings (SSSR count). The van der Waals surface area contributed by atoms with E-state index in [0.717, 1.165) is 27.2 Å². The molecule has 0 aliphatic carbocycles. The van der Waals surface area contributed by atoms with E-state index in [4.69, 9.17) is 0 Å². The molecule has 1 aromatic carbocycles. The third-order valence-corrected chi connectivity index (χ3v) is 4.11. The number of thiazole rings is 1. The summed E-state index contributed by atoms with van der Waals surface area (Å²) in [6, 6.07) is 8.12. The number of thioether (sulfide) groups is 1. The first kappa shape index (κ1) is 12.9. The van der Waals surface area contributed by atoms with Crippen LogP contribution in [0, 0.1) is 18.3 Å². The highest BCUT2D eigenvalue weighted by atomic mass is 32.2. The lowest BCUT2D eigenvalue weighted by atomic mass is 10.2. The molecule has 0 atom stereocenters. The van der Waals surface area contributed by atoms with E-state index in [2.05, 4.69) is 23.3 Å². The summed E-state index contributed by atoms with van der Waals surface area (Å²) in [5.74, 6) is 0.953. The van der Waals surface area contributed by atoms with E-state index in [9.17, 15) is 5.26 Å². The molecule has 0 saturated carbocycles. The van der Waals surface area contributed by atoms with Crippen LogP contribution in [-0.2, 0) is 0 Å². The van der Waals surface area contributed by atoms with Crippen LogP contribution in [0.2, 0.25) is 0 Å². The van der Waals surface area contributed by atoms with Crippen LogP contribution in [0.15, 0.2) is 28.5 Å². The van der Waals surface area contributed by atoms with Gasteiger partial charge in [0.2, 0.25) is 0 Å². The van der Waals surface area contributed by atoms with Gasteiger partial charge in [0.05, 0.1) is 16.9 Å². The van der Waals surface area contributed by atoms with Gasteiger partial charge in [-0.3, -0.25) is 0 Å². The standard InChI is InChI=1S/C13H13N3S2/c1-3-17-12-6-4-5-11(10(12)7-14)16-13-15-9(2)8-18-13/h4-6,8H,3H2,1-2H3,(H,15,16). The van der Waals surface area contributed by atoms with Gasteiger partial charge in [0, 0.05) is 10.3 Å². The fourth-order valence-corrected chi connectivity index (χ4v) is 3.04. The Balaban J connectivity index is 2.33. The molecule has 0 aliphatic rings. The van der Waals surface area contributed by atoms with Gasteiger partial charge in [-0.05, 0) is 24.8 Å². The normalized spacial score (nSPS) is 10.1. The average Bonchev–Trinajstić information content (AvgIpc) is 2.76. The molecule has 3 nitrogen and oxygen atoms in total. The summed E-state index contributed by atoms with van der Waals surface area (Å²) in [4.78, 5) is 5.36. The van der Waals surface area contributed by atoms with Gasteiger partial charge in [0.15, 0.2) is 5.13 Å². The number of rotatable bonds is 4. The number of nitrogens with zero attached hydrogens (tertiary/aromatic N) is 2. The molecule has 5 heteroatoms. The summed E-state index contributed by atoms with van der Waals surface area (Å²) >= 11 is 3.22. The molecule has 18 heavy (non-hydrogen) atoms. The van der Waals surface area contributed by atoms with Gasteiger partial charge in [-0.25, -0.2) is 4.98 Å². The lowest BCUT2D eigenvalue weighted by Gasteiger charge is -2.08. The van der Waals surface area contributed by atoms with E-state index < -0.39 is 0 Å². The zero-order valence-electron chi connectivity index (χ0n) is 10.2. The lowest BCUT2D eigenvalue weighted by molar-refractivity contribution is 1.25. The molecule has 92 valence electrons. The number of benzene rings is 1. The third-order valence-electron chi connectivity index (χ3n) is 2.30. The number of aryl methyl sites for hydroxylation is 1. The predicted molar refractivity (Wildman–Crippen MR) is 77.7 cm³/mol.